The van der Waals surface area contributed by atoms with Gasteiger partial charge in [0.2, 0.25) is 5.91 Å². The van der Waals surface area contributed by atoms with E-state index >= 15 is 0 Å². The largest absolute Gasteiger partial charge is 0.491 e. The zero-order chi connectivity index (χ0) is 19.6. The van der Waals surface area contributed by atoms with Crippen LogP contribution in [0.25, 0.3) is 6.08 Å². The summed E-state index contributed by atoms with van der Waals surface area (Å²) in [4.78, 5) is 24.2. The first kappa shape index (κ1) is 20.2. The van der Waals surface area contributed by atoms with Crippen molar-refractivity contribution in [3.05, 3.63) is 65.4 Å². The van der Waals surface area contributed by atoms with Crippen molar-refractivity contribution in [2.45, 2.75) is 13.8 Å². The first-order valence-electron chi connectivity index (χ1n) is 8.57. The zero-order valence-electron chi connectivity index (χ0n) is 15.7. The molecule has 0 radical (unpaired) electrons. The molecular weight excluding hydrogens is 344 g/mol. The lowest BCUT2D eigenvalue weighted by Crippen LogP contribution is -2.29. The highest BCUT2D eigenvalue weighted by atomic mass is 16.5. The lowest BCUT2D eigenvalue weighted by molar-refractivity contribution is -0.120. The molecule has 0 saturated carbocycles. The first-order chi connectivity index (χ1) is 13.0. The molecule has 142 valence electrons. The number of carbonyl (C=O) groups is 2. The van der Waals surface area contributed by atoms with Crippen LogP contribution in [0.15, 0.2) is 54.2 Å². The highest BCUT2D eigenvalue weighted by Gasteiger charge is 2.12. The van der Waals surface area contributed by atoms with Crippen molar-refractivity contribution < 1.29 is 19.1 Å². The van der Waals surface area contributed by atoms with Crippen molar-refractivity contribution in [3.8, 4) is 5.75 Å². The predicted octanol–water partition coefficient (Wildman–Crippen LogP) is 3.14. The average molecular weight is 368 g/mol. The SMILES string of the molecule is COCCOc1cccc(NC(=O)/C(=C/c2ccccc2C)NC(C)=O)c1. The predicted molar refractivity (Wildman–Crippen MR) is 105 cm³/mol. The second kappa shape index (κ2) is 10.1. The average Bonchev–Trinajstić information content (AvgIpc) is 2.63. The Balaban J connectivity index is 2.18. The molecule has 2 N–H and O–H groups in total. The maximum atomic E-state index is 12.7. The number of nitrogens with one attached hydrogen (secondary N) is 2. The summed E-state index contributed by atoms with van der Waals surface area (Å²) in [6.45, 7) is 4.19. The normalized spacial score (nSPS) is 11.0. The van der Waals surface area contributed by atoms with Gasteiger partial charge in [-0.05, 0) is 36.3 Å². The zero-order valence-corrected chi connectivity index (χ0v) is 15.7. The van der Waals surface area contributed by atoms with Gasteiger partial charge in [0.05, 0.1) is 6.61 Å². The molecule has 2 aromatic carbocycles. The molecule has 0 aliphatic carbocycles. The van der Waals surface area contributed by atoms with Crippen LogP contribution >= 0.6 is 0 Å². The number of ether oxygens (including phenoxy) is 2. The van der Waals surface area contributed by atoms with E-state index < -0.39 is 5.91 Å². The van der Waals surface area contributed by atoms with Crippen molar-refractivity contribution >= 4 is 23.6 Å². The minimum Gasteiger partial charge on any atom is -0.491 e. The number of aryl methyl sites for hydroxylation is 1. The summed E-state index contributed by atoms with van der Waals surface area (Å²) >= 11 is 0. The van der Waals surface area contributed by atoms with Gasteiger partial charge in [0.1, 0.15) is 18.1 Å². The fourth-order valence-corrected chi connectivity index (χ4v) is 2.36. The minimum atomic E-state index is -0.414. The Hall–Kier alpha value is -3.12. The lowest BCUT2D eigenvalue weighted by Gasteiger charge is -2.12. The van der Waals surface area contributed by atoms with Gasteiger partial charge in [-0.1, -0.05) is 30.3 Å². The molecule has 0 aromatic heterocycles. The van der Waals surface area contributed by atoms with Gasteiger partial charge in [-0.25, -0.2) is 0 Å². The monoisotopic (exact) mass is 368 g/mol. The maximum Gasteiger partial charge on any atom is 0.272 e. The lowest BCUT2D eigenvalue weighted by atomic mass is 10.1. The van der Waals surface area contributed by atoms with E-state index in [1.54, 1.807) is 37.5 Å². The van der Waals surface area contributed by atoms with E-state index in [-0.39, 0.29) is 11.6 Å². The molecule has 0 spiro atoms. The van der Waals surface area contributed by atoms with Gasteiger partial charge in [0.25, 0.3) is 5.91 Å². The Kier molecular flexibility index (Phi) is 7.58. The molecule has 0 heterocycles. The number of anilines is 1. The molecule has 0 bridgehead atoms. The molecule has 0 aliphatic heterocycles. The summed E-state index contributed by atoms with van der Waals surface area (Å²) in [5.74, 6) is -0.113. The number of rotatable bonds is 8. The number of amides is 2. The Labute approximate surface area is 159 Å². The fraction of sp³-hybridized carbons (Fsp3) is 0.238. The molecule has 0 atom stereocenters. The summed E-state index contributed by atoms with van der Waals surface area (Å²) in [7, 11) is 1.60. The summed E-state index contributed by atoms with van der Waals surface area (Å²) in [5, 5.41) is 5.38. The standard InChI is InChI=1S/C21H24N2O4/c1-15-7-4-5-8-17(15)13-20(22-16(2)24)21(25)23-18-9-6-10-19(14-18)27-12-11-26-3/h4-10,13-14H,11-12H2,1-3H3,(H,22,24)(H,23,25)/b20-13-. The molecule has 0 saturated heterocycles. The summed E-state index contributed by atoms with van der Waals surface area (Å²) in [6.07, 6.45) is 1.66. The number of methoxy groups -OCH3 is 1. The molecule has 2 rings (SSSR count). The first-order valence-corrected chi connectivity index (χ1v) is 8.57. The van der Waals surface area contributed by atoms with Gasteiger partial charge in [0, 0.05) is 25.8 Å². The van der Waals surface area contributed by atoms with Crippen molar-refractivity contribution in [2.75, 3.05) is 25.6 Å². The van der Waals surface area contributed by atoms with Gasteiger partial charge in [-0.15, -0.1) is 0 Å². The van der Waals surface area contributed by atoms with Crippen LogP contribution in [-0.4, -0.2) is 32.1 Å². The summed E-state index contributed by atoms with van der Waals surface area (Å²) in [5.41, 5.74) is 2.59. The van der Waals surface area contributed by atoms with Crippen LogP contribution in [0, 0.1) is 6.92 Å². The van der Waals surface area contributed by atoms with E-state index in [0.29, 0.717) is 24.7 Å². The number of carbonyl (C=O) groups excluding carboxylic acids is 2. The second-order valence-corrected chi connectivity index (χ2v) is 5.92. The van der Waals surface area contributed by atoms with Gasteiger partial charge in [0.15, 0.2) is 0 Å². The highest BCUT2D eigenvalue weighted by Crippen LogP contribution is 2.18. The number of hydrogen-bond acceptors (Lipinski definition) is 4. The topological polar surface area (TPSA) is 76.7 Å². The maximum absolute atomic E-state index is 12.7. The Morgan fingerprint density at radius 3 is 2.56 bits per heavy atom. The van der Waals surface area contributed by atoms with Gasteiger partial charge < -0.3 is 20.1 Å². The quantitative estimate of drug-likeness (QED) is 0.554. The van der Waals surface area contributed by atoms with E-state index in [2.05, 4.69) is 10.6 Å². The third-order valence-corrected chi connectivity index (χ3v) is 3.69. The molecule has 2 aromatic rings. The van der Waals surface area contributed by atoms with E-state index in [1.165, 1.54) is 6.92 Å². The molecule has 0 fully saturated rings. The molecular formula is C21H24N2O4. The highest BCUT2D eigenvalue weighted by molar-refractivity contribution is 6.08. The van der Waals surface area contributed by atoms with Crippen LogP contribution in [0.1, 0.15) is 18.1 Å². The van der Waals surface area contributed by atoms with Crippen molar-refractivity contribution in [3.63, 3.8) is 0 Å². The Morgan fingerprint density at radius 1 is 1.07 bits per heavy atom. The van der Waals surface area contributed by atoms with Crippen LogP contribution in [-0.2, 0) is 14.3 Å². The van der Waals surface area contributed by atoms with E-state index in [9.17, 15) is 9.59 Å². The molecule has 2 amide bonds. The van der Waals surface area contributed by atoms with Gasteiger partial charge in [-0.3, -0.25) is 9.59 Å². The van der Waals surface area contributed by atoms with Crippen LogP contribution in [0.5, 0.6) is 5.75 Å². The van der Waals surface area contributed by atoms with Gasteiger partial charge in [-0.2, -0.15) is 0 Å². The third-order valence-electron chi connectivity index (χ3n) is 3.69. The Morgan fingerprint density at radius 2 is 1.85 bits per heavy atom. The molecule has 27 heavy (non-hydrogen) atoms. The number of hydrogen-bond donors (Lipinski definition) is 2. The van der Waals surface area contributed by atoms with E-state index in [1.807, 2.05) is 31.2 Å². The number of benzene rings is 2. The van der Waals surface area contributed by atoms with E-state index in [4.69, 9.17) is 9.47 Å². The van der Waals surface area contributed by atoms with E-state index in [0.717, 1.165) is 11.1 Å². The molecule has 0 aliphatic rings. The van der Waals surface area contributed by atoms with Crippen LogP contribution in [0.4, 0.5) is 5.69 Å². The third kappa shape index (κ3) is 6.60. The summed E-state index contributed by atoms with van der Waals surface area (Å²) in [6, 6.07) is 14.7. The molecule has 6 heteroatoms. The van der Waals surface area contributed by atoms with Crippen LogP contribution < -0.4 is 15.4 Å². The fourth-order valence-electron chi connectivity index (χ4n) is 2.36. The molecule has 6 nitrogen and oxygen atoms in total. The van der Waals surface area contributed by atoms with Crippen LogP contribution in [0.2, 0.25) is 0 Å². The minimum absolute atomic E-state index is 0.169. The van der Waals surface area contributed by atoms with Crippen molar-refractivity contribution in [1.82, 2.24) is 5.32 Å². The smallest absolute Gasteiger partial charge is 0.272 e. The van der Waals surface area contributed by atoms with Crippen LogP contribution in [0.3, 0.4) is 0 Å². The van der Waals surface area contributed by atoms with Gasteiger partial charge >= 0.3 is 0 Å². The van der Waals surface area contributed by atoms with Crippen molar-refractivity contribution in [1.29, 1.82) is 0 Å². The molecule has 0 unspecified atom stereocenters. The summed E-state index contributed by atoms with van der Waals surface area (Å²) < 4.78 is 10.5. The van der Waals surface area contributed by atoms with Crippen molar-refractivity contribution in [2.24, 2.45) is 0 Å². The second-order valence-electron chi connectivity index (χ2n) is 5.92. The Bertz CT molecular complexity index is 830.